The van der Waals surface area contributed by atoms with E-state index in [4.69, 9.17) is 4.74 Å². The summed E-state index contributed by atoms with van der Waals surface area (Å²) in [6.07, 6.45) is 2.16. The van der Waals surface area contributed by atoms with Crippen molar-refractivity contribution in [2.45, 2.75) is 18.9 Å². The molecule has 0 radical (unpaired) electrons. The van der Waals surface area contributed by atoms with E-state index < -0.39 is 4.92 Å². The Morgan fingerprint density at radius 3 is 3.13 bits per heavy atom. The fourth-order valence-electron chi connectivity index (χ4n) is 1.43. The van der Waals surface area contributed by atoms with Gasteiger partial charge in [-0.1, -0.05) is 0 Å². The zero-order valence-corrected chi connectivity index (χ0v) is 9.04. The van der Waals surface area contributed by atoms with Gasteiger partial charge < -0.3 is 10.1 Å². The summed E-state index contributed by atoms with van der Waals surface area (Å²) < 4.78 is 5.27. The molecule has 1 unspecified atom stereocenters. The van der Waals surface area contributed by atoms with Crippen molar-refractivity contribution in [1.29, 1.82) is 0 Å². The highest BCUT2D eigenvalue weighted by Gasteiger charge is 2.30. The van der Waals surface area contributed by atoms with E-state index in [0.29, 0.717) is 11.7 Å². The highest BCUT2D eigenvalue weighted by atomic mass is 32.1. The predicted molar refractivity (Wildman–Crippen MR) is 56.2 cm³/mol. The van der Waals surface area contributed by atoms with Gasteiger partial charge in [-0.05, 0) is 24.7 Å². The number of nitrogens with one attached hydrogen (secondary N) is 1. The lowest BCUT2D eigenvalue weighted by atomic mass is 10.0. The molecular formula is C8H11N3O3S. The molecule has 0 aliphatic carbocycles. The lowest BCUT2D eigenvalue weighted by molar-refractivity contribution is -0.380. The maximum Gasteiger partial charge on any atom is 0.345 e. The Balaban J connectivity index is 2.07. The third-order valence-electron chi connectivity index (χ3n) is 2.30. The second kappa shape index (κ2) is 3.74. The van der Waals surface area contributed by atoms with E-state index in [1.54, 1.807) is 0 Å². The molecule has 1 aromatic heterocycles. The first-order valence-corrected chi connectivity index (χ1v) is 5.37. The molecular weight excluding hydrogens is 218 g/mol. The van der Waals surface area contributed by atoms with Gasteiger partial charge in [0, 0.05) is 6.61 Å². The number of nitro groups is 1. The maximum absolute atomic E-state index is 10.5. The number of aromatic nitrogens is 1. The number of thiazole rings is 1. The summed E-state index contributed by atoms with van der Waals surface area (Å²) in [6, 6.07) is 0. The Hall–Kier alpha value is -1.21. The largest absolute Gasteiger partial charge is 0.379 e. The third-order valence-corrected chi connectivity index (χ3v) is 3.17. The Morgan fingerprint density at radius 2 is 2.60 bits per heavy atom. The van der Waals surface area contributed by atoms with Crippen molar-refractivity contribution in [3.63, 3.8) is 0 Å². The Kier molecular flexibility index (Phi) is 2.57. The maximum atomic E-state index is 10.5. The summed E-state index contributed by atoms with van der Waals surface area (Å²) in [4.78, 5) is 14.0. The van der Waals surface area contributed by atoms with Gasteiger partial charge in [0.1, 0.15) is 6.20 Å². The standard InChI is InChI=1S/C8H11N3O3S/c1-8(2-3-14-5-8)10-7-9-4-6(15-7)11(12)13/h4H,2-3,5H2,1H3,(H,9,10). The van der Waals surface area contributed by atoms with Gasteiger partial charge >= 0.3 is 5.00 Å². The Labute approximate surface area is 90.4 Å². The smallest absolute Gasteiger partial charge is 0.345 e. The van der Waals surface area contributed by atoms with E-state index in [2.05, 4.69) is 10.3 Å². The van der Waals surface area contributed by atoms with Crippen LogP contribution >= 0.6 is 11.3 Å². The minimum Gasteiger partial charge on any atom is -0.379 e. The first-order chi connectivity index (χ1) is 7.09. The number of ether oxygens (including phenoxy) is 1. The second-order valence-corrected chi connectivity index (χ2v) is 4.76. The van der Waals surface area contributed by atoms with Gasteiger partial charge in [-0.25, -0.2) is 4.98 Å². The SMILES string of the molecule is CC1(Nc2ncc([N+](=O)[O-])s2)CCOC1. The van der Waals surface area contributed by atoms with Crippen LogP contribution in [0.2, 0.25) is 0 Å². The topological polar surface area (TPSA) is 77.3 Å². The highest BCUT2D eigenvalue weighted by Crippen LogP contribution is 2.30. The molecule has 1 aromatic rings. The molecule has 1 aliphatic heterocycles. The highest BCUT2D eigenvalue weighted by molar-refractivity contribution is 7.18. The molecule has 0 bridgehead atoms. The monoisotopic (exact) mass is 229 g/mol. The van der Waals surface area contributed by atoms with Crippen LogP contribution in [0.5, 0.6) is 0 Å². The van der Waals surface area contributed by atoms with Gasteiger partial charge in [-0.15, -0.1) is 0 Å². The predicted octanol–water partition coefficient (Wildman–Crippen LogP) is 1.64. The van der Waals surface area contributed by atoms with Crippen molar-refractivity contribution < 1.29 is 9.66 Å². The summed E-state index contributed by atoms with van der Waals surface area (Å²) in [5.41, 5.74) is -0.147. The molecule has 1 atom stereocenters. The van der Waals surface area contributed by atoms with Crippen LogP contribution in [0, 0.1) is 10.1 Å². The molecule has 6 nitrogen and oxygen atoms in total. The first-order valence-electron chi connectivity index (χ1n) is 4.55. The zero-order valence-electron chi connectivity index (χ0n) is 8.23. The van der Waals surface area contributed by atoms with Crippen LogP contribution in [0.1, 0.15) is 13.3 Å². The van der Waals surface area contributed by atoms with Crippen molar-refractivity contribution in [3.05, 3.63) is 16.3 Å². The van der Waals surface area contributed by atoms with E-state index >= 15 is 0 Å². The number of rotatable bonds is 3. The molecule has 0 amide bonds. The van der Waals surface area contributed by atoms with E-state index in [1.807, 2.05) is 6.92 Å². The van der Waals surface area contributed by atoms with Crippen molar-refractivity contribution >= 4 is 21.5 Å². The number of nitrogens with zero attached hydrogens (tertiary/aromatic N) is 2. The molecule has 1 aliphatic rings. The number of hydrogen-bond donors (Lipinski definition) is 1. The van der Waals surface area contributed by atoms with Gasteiger partial charge in [0.15, 0.2) is 5.13 Å². The van der Waals surface area contributed by atoms with Gasteiger partial charge in [-0.2, -0.15) is 0 Å². The molecule has 1 saturated heterocycles. The zero-order chi connectivity index (χ0) is 10.9. The minimum atomic E-state index is -0.434. The van der Waals surface area contributed by atoms with Gasteiger partial charge in [0.05, 0.1) is 17.1 Å². The first kappa shape index (κ1) is 10.3. The number of hydrogen-bond acceptors (Lipinski definition) is 6. The molecule has 15 heavy (non-hydrogen) atoms. The Bertz CT molecular complexity index is 373. The fraction of sp³-hybridized carbons (Fsp3) is 0.625. The normalized spacial score (nSPS) is 25.4. The van der Waals surface area contributed by atoms with E-state index in [0.717, 1.165) is 24.4 Å². The minimum absolute atomic E-state index is 0.0556. The summed E-state index contributed by atoms with van der Waals surface area (Å²) in [5, 5.41) is 14.3. The molecule has 2 heterocycles. The number of anilines is 1. The molecule has 2 rings (SSSR count). The molecule has 1 N–H and O–H groups in total. The molecule has 7 heteroatoms. The van der Waals surface area contributed by atoms with E-state index in [-0.39, 0.29) is 10.5 Å². The van der Waals surface area contributed by atoms with Crippen molar-refractivity contribution in [2.24, 2.45) is 0 Å². The van der Waals surface area contributed by atoms with Crippen LogP contribution in [0.3, 0.4) is 0 Å². The fourth-order valence-corrected chi connectivity index (χ4v) is 2.21. The van der Waals surface area contributed by atoms with Crippen LogP contribution < -0.4 is 5.32 Å². The Morgan fingerprint density at radius 1 is 1.80 bits per heavy atom. The average molecular weight is 229 g/mol. The van der Waals surface area contributed by atoms with Gasteiger partial charge in [0.25, 0.3) is 0 Å². The van der Waals surface area contributed by atoms with Crippen LogP contribution in [0.15, 0.2) is 6.20 Å². The van der Waals surface area contributed by atoms with Crippen LogP contribution in [0.4, 0.5) is 10.1 Å². The molecule has 1 fully saturated rings. The van der Waals surface area contributed by atoms with Gasteiger partial charge in [0.2, 0.25) is 0 Å². The van der Waals surface area contributed by atoms with Crippen LogP contribution in [-0.2, 0) is 4.74 Å². The second-order valence-electron chi connectivity index (χ2n) is 3.75. The molecule has 82 valence electrons. The van der Waals surface area contributed by atoms with Crippen LogP contribution in [-0.4, -0.2) is 28.7 Å². The van der Waals surface area contributed by atoms with Crippen molar-refractivity contribution in [2.75, 3.05) is 18.5 Å². The van der Waals surface area contributed by atoms with E-state index in [1.165, 1.54) is 6.20 Å². The third kappa shape index (κ3) is 2.24. The van der Waals surface area contributed by atoms with Crippen LogP contribution in [0.25, 0.3) is 0 Å². The molecule has 0 spiro atoms. The van der Waals surface area contributed by atoms with Crippen molar-refractivity contribution in [1.82, 2.24) is 4.98 Å². The lowest BCUT2D eigenvalue weighted by Gasteiger charge is -2.22. The molecule has 0 aromatic carbocycles. The molecule has 0 saturated carbocycles. The quantitative estimate of drug-likeness (QED) is 0.629. The summed E-state index contributed by atoms with van der Waals surface area (Å²) >= 11 is 1.05. The van der Waals surface area contributed by atoms with E-state index in [9.17, 15) is 10.1 Å². The summed E-state index contributed by atoms with van der Waals surface area (Å²) in [6.45, 7) is 3.35. The summed E-state index contributed by atoms with van der Waals surface area (Å²) in [7, 11) is 0. The van der Waals surface area contributed by atoms with Crippen molar-refractivity contribution in [3.8, 4) is 0 Å². The summed E-state index contributed by atoms with van der Waals surface area (Å²) in [5.74, 6) is 0. The lowest BCUT2D eigenvalue weighted by Crippen LogP contribution is -2.34. The average Bonchev–Trinajstić information content (AvgIpc) is 2.75. The van der Waals surface area contributed by atoms with Gasteiger partial charge in [-0.3, -0.25) is 10.1 Å².